The Morgan fingerprint density at radius 3 is 2.73 bits per heavy atom. The summed E-state index contributed by atoms with van der Waals surface area (Å²) in [6.45, 7) is 2.53. The van der Waals surface area contributed by atoms with Gasteiger partial charge in [-0.3, -0.25) is 9.78 Å². The molecule has 1 aromatic carbocycles. The van der Waals surface area contributed by atoms with E-state index in [1.807, 2.05) is 23.1 Å². The lowest BCUT2D eigenvalue weighted by Crippen LogP contribution is -2.49. The van der Waals surface area contributed by atoms with Crippen LogP contribution >= 0.6 is 0 Å². The molecule has 136 valence electrons. The molecule has 6 nitrogen and oxygen atoms in total. The Morgan fingerprint density at radius 2 is 2.00 bits per heavy atom. The van der Waals surface area contributed by atoms with Crippen LogP contribution in [0.4, 0.5) is 0 Å². The number of carbonyl (C=O) groups excluding carboxylic acids is 1. The third-order valence-corrected chi connectivity index (χ3v) is 5.34. The van der Waals surface area contributed by atoms with Crippen molar-refractivity contribution >= 4 is 5.91 Å². The van der Waals surface area contributed by atoms with Crippen molar-refractivity contribution in [3.05, 3.63) is 54.5 Å². The smallest absolute Gasteiger partial charge is 0.233 e. The molecule has 2 aromatic rings. The van der Waals surface area contributed by atoms with Crippen molar-refractivity contribution in [2.24, 2.45) is 0 Å². The van der Waals surface area contributed by atoms with Gasteiger partial charge in [-0.2, -0.15) is 0 Å². The van der Waals surface area contributed by atoms with Crippen molar-refractivity contribution < 1.29 is 14.3 Å². The molecule has 0 N–H and O–H groups in total. The van der Waals surface area contributed by atoms with Gasteiger partial charge >= 0.3 is 0 Å². The van der Waals surface area contributed by atoms with Gasteiger partial charge in [0.2, 0.25) is 11.8 Å². The van der Waals surface area contributed by atoms with Crippen molar-refractivity contribution in [2.45, 2.75) is 30.8 Å². The van der Waals surface area contributed by atoms with Gasteiger partial charge in [-0.1, -0.05) is 30.3 Å². The molecule has 2 fully saturated rings. The summed E-state index contributed by atoms with van der Waals surface area (Å²) in [5, 5.41) is 0. The number of rotatable bonds is 4. The lowest BCUT2D eigenvalue weighted by atomic mass is 9.73. The maximum atomic E-state index is 13.5. The van der Waals surface area contributed by atoms with Gasteiger partial charge in [-0.15, -0.1) is 0 Å². The number of aromatic nitrogens is 2. The number of ether oxygens (including phenoxy) is 2. The fraction of sp³-hybridized carbons (Fsp3) is 0.450. The monoisotopic (exact) mass is 353 g/mol. The van der Waals surface area contributed by atoms with Gasteiger partial charge in [-0.05, 0) is 18.4 Å². The first-order chi connectivity index (χ1) is 12.8. The summed E-state index contributed by atoms with van der Waals surface area (Å²) in [5.74, 6) is 0.702. The standard InChI is InChI=1S/C20H23N3O3/c24-19(20(7-12-25-13-8-20)16-4-2-1-3-5-16)23-11-6-17(15-23)26-18-14-21-9-10-22-18/h1-5,9-10,14,17H,6-8,11-13,15H2/t17-/m0/s1. The Kier molecular flexibility index (Phi) is 4.84. The van der Waals surface area contributed by atoms with E-state index < -0.39 is 5.41 Å². The van der Waals surface area contributed by atoms with E-state index in [4.69, 9.17) is 9.47 Å². The molecule has 1 aromatic heterocycles. The molecule has 0 unspecified atom stereocenters. The molecule has 0 saturated carbocycles. The van der Waals surface area contributed by atoms with Crippen LogP contribution in [0.2, 0.25) is 0 Å². The second kappa shape index (κ2) is 7.41. The fourth-order valence-electron chi connectivity index (χ4n) is 3.93. The minimum Gasteiger partial charge on any atom is -0.471 e. The maximum Gasteiger partial charge on any atom is 0.233 e. The van der Waals surface area contributed by atoms with Gasteiger partial charge in [0.1, 0.15) is 6.10 Å². The molecule has 0 aliphatic carbocycles. The molecule has 0 bridgehead atoms. The molecule has 2 aliphatic rings. The van der Waals surface area contributed by atoms with E-state index in [0.29, 0.717) is 32.2 Å². The number of carbonyl (C=O) groups is 1. The fourth-order valence-corrected chi connectivity index (χ4v) is 3.93. The summed E-state index contributed by atoms with van der Waals surface area (Å²) < 4.78 is 11.4. The number of hydrogen-bond acceptors (Lipinski definition) is 5. The molecule has 2 saturated heterocycles. The van der Waals surface area contributed by atoms with Crippen molar-refractivity contribution in [1.82, 2.24) is 14.9 Å². The molecule has 1 atom stereocenters. The Labute approximate surface area is 153 Å². The molecule has 26 heavy (non-hydrogen) atoms. The first-order valence-corrected chi connectivity index (χ1v) is 9.13. The van der Waals surface area contributed by atoms with Crippen molar-refractivity contribution in [2.75, 3.05) is 26.3 Å². The predicted molar refractivity (Wildman–Crippen MR) is 95.8 cm³/mol. The number of likely N-dealkylation sites (tertiary alicyclic amines) is 1. The van der Waals surface area contributed by atoms with Gasteiger partial charge in [0, 0.05) is 38.6 Å². The third-order valence-electron chi connectivity index (χ3n) is 5.34. The van der Waals surface area contributed by atoms with Gasteiger partial charge in [0.05, 0.1) is 18.2 Å². The van der Waals surface area contributed by atoms with E-state index in [1.54, 1.807) is 18.6 Å². The van der Waals surface area contributed by atoms with Gasteiger partial charge in [-0.25, -0.2) is 4.98 Å². The Morgan fingerprint density at radius 1 is 1.19 bits per heavy atom. The second-order valence-corrected chi connectivity index (χ2v) is 6.88. The molecule has 2 aliphatic heterocycles. The van der Waals surface area contributed by atoms with E-state index in [2.05, 4.69) is 22.1 Å². The summed E-state index contributed by atoms with van der Waals surface area (Å²) in [6, 6.07) is 10.1. The number of nitrogens with zero attached hydrogens (tertiary/aromatic N) is 3. The molecule has 1 amide bonds. The zero-order valence-corrected chi connectivity index (χ0v) is 14.7. The van der Waals surface area contributed by atoms with Crippen LogP contribution in [0.5, 0.6) is 5.88 Å². The van der Waals surface area contributed by atoms with Crippen LogP contribution in [0.15, 0.2) is 48.9 Å². The quantitative estimate of drug-likeness (QED) is 0.843. The predicted octanol–water partition coefficient (Wildman–Crippen LogP) is 2.20. The minimum absolute atomic E-state index is 0.0386. The van der Waals surface area contributed by atoms with Crippen molar-refractivity contribution in [3.63, 3.8) is 0 Å². The van der Waals surface area contributed by atoms with E-state index in [9.17, 15) is 4.79 Å². The SMILES string of the molecule is O=C(N1CC[C@H](Oc2cnccn2)C1)C1(c2ccccc2)CCOCC1. The first-order valence-electron chi connectivity index (χ1n) is 9.13. The zero-order valence-electron chi connectivity index (χ0n) is 14.7. The summed E-state index contributed by atoms with van der Waals surface area (Å²) >= 11 is 0. The Balaban J connectivity index is 1.50. The zero-order chi connectivity index (χ0) is 17.8. The van der Waals surface area contributed by atoms with E-state index in [1.165, 1.54) is 0 Å². The van der Waals surface area contributed by atoms with Gasteiger partial charge in [0.25, 0.3) is 0 Å². The van der Waals surface area contributed by atoms with Crippen molar-refractivity contribution in [1.29, 1.82) is 0 Å². The molecular formula is C20H23N3O3. The second-order valence-electron chi connectivity index (χ2n) is 6.88. The average Bonchev–Trinajstić information content (AvgIpc) is 3.18. The molecule has 0 spiro atoms. The van der Waals surface area contributed by atoms with Gasteiger partial charge < -0.3 is 14.4 Å². The topological polar surface area (TPSA) is 64.6 Å². The molecule has 3 heterocycles. The lowest BCUT2D eigenvalue weighted by molar-refractivity contribution is -0.140. The molecule has 6 heteroatoms. The first kappa shape index (κ1) is 17.0. The number of hydrogen-bond donors (Lipinski definition) is 0. The molecule has 4 rings (SSSR count). The summed E-state index contributed by atoms with van der Waals surface area (Å²) in [5.41, 5.74) is 0.604. The Hall–Kier alpha value is -2.47. The maximum absolute atomic E-state index is 13.5. The molecular weight excluding hydrogens is 330 g/mol. The highest BCUT2D eigenvalue weighted by Gasteiger charge is 2.45. The largest absolute Gasteiger partial charge is 0.471 e. The summed E-state index contributed by atoms with van der Waals surface area (Å²) in [6.07, 6.45) is 7.05. The Bertz CT molecular complexity index is 732. The third kappa shape index (κ3) is 3.29. The van der Waals surface area contributed by atoms with E-state index >= 15 is 0 Å². The van der Waals surface area contributed by atoms with Crippen LogP contribution < -0.4 is 4.74 Å². The van der Waals surface area contributed by atoms with E-state index in [-0.39, 0.29) is 12.0 Å². The average molecular weight is 353 g/mol. The summed E-state index contributed by atoms with van der Waals surface area (Å²) in [4.78, 5) is 23.6. The van der Waals surface area contributed by atoms with E-state index in [0.717, 1.165) is 24.8 Å². The van der Waals surface area contributed by atoms with Crippen LogP contribution in [0.25, 0.3) is 0 Å². The minimum atomic E-state index is -0.485. The van der Waals surface area contributed by atoms with Crippen LogP contribution in [-0.2, 0) is 14.9 Å². The summed E-state index contributed by atoms with van der Waals surface area (Å²) in [7, 11) is 0. The van der Waals surface area contributed by atoms with Crippen LogP contribution in [0, 0.1) is 0 Å². The van der Waals surface area contributed by atoms with Crippen LogP contribution in [0.3, 0.4) is 0 Å². The highest BCUT2D eigenvalue weighted by Crippen LogP contribution is 2.37. The lowest BCUT2D eigenvalue weighted by Gasteiger charge is -2.39. The molecule has 0 radical (unpaired) electrons. The number of benzene rings is 1. The number of amides is 1. The van der Waals surface area contributed by atoms with Crippen LogP contribution in [0.1, 0.15) is 24.8 Å². The van der Waals surface area contributed by atoms with Gasteiger partial charge in [0.15, 0.2) is 0 Å². The highest BCUT2D eigenvalue weighted by atomic mass is 16.5. The van der Waals surface area contributed by atoms with Crippen molar-refractivity contribution in [3.8, 4) is 5.88 Å². The highest BCUT2D eigenvalue weighted by molar-refractivity contribution is 5.88. The normalized spacial score (nSPS) is 22.2. The van der Waals surface area contributed by atoms with Crippen LogP contribution in [-0.4, -0.2) is 53.2 Å².